The maximum absolute atomic E-state index is 12.0. The summed E-state index contributed by atoms with van der Waals surface area (Å²) in [6, 6.07) is 3.19. The zero-order chi connectivity index (χ0) is 15.7. The summed E-state index contributed by atoms with van der Waals surface area (Å²) in [4.78, 5) is 36.0. The second-order valence-corrected chi connectivity index (χ2v) is 5.60. The third kappa shape index (κ3) is 2.78. The fourth-order valence-corrected chi connectivity index (χ4v) is 2.88. The molecule has 112 valence electrons. The number of ether oxygens (including phenoxy) is 1. The van der Waals surface area contributed by atoms with Crippen LogP contribution in [0.2, 0.25) is 0 Å². The molecular weight excluding hydrogens is 342 g/mol. The van der Waals surface area contributed by atoms with Gasteiger partial charge in [0.2, 0.25) is 5.91 Å². The number of halogens is 1. The number of aliphatic carboxylic acids is 1. The minimum absolute atomic E-state index is 0.0143. The number of methoxy groups -OCH3 is 1. The molecule has 1 heterocycles. The van der Waals surface area contributed by atoms with Gasteiger partial charge in [0.25, 0.3) is 0 Å². The number of carbonyl (C=O) groups is 3. The van der Waals surface area contributed by atoms with Crippen molar-refractivity contribution in [3.8, 4) is 0 Å². The van der Waals surface area contributed by atoms with Gasteiger partial charge in [-0.05, 0) is 40.5 Å². The Balaban J connectivity index is 2.38. The number of carbonyl (C=O) groups excluding carboxylic acids is 2. The van der Waals surface area contributed by atoms with Crippen molar-refractivity contribution in [2.75, 3.05) is 18.6 Å². The number of carboxylic acids is 1. The molecule has 1 aliphatic rings. The molecule has 1 N–H and O–H groups in total. The van der Waals surface area contributed by atoms with Crippen LogP contribution in [-0.4, -0.2) is 36.6 Å². The van der Waals surface area contributed by atoms with E-state index in [1.165, 1.54) is 12.0 Å². The first kappa shape index (κ1) is 15.5. The summed E-state index contributed by atoms with van der Waals surface area (Å²) in [5, 5.41) is 9.02. The quantitative estimate of drug-likeness (QED) is 0.838. The second kappa shape index (κ2) is 5.85. The maximum atomic E-state index is 12.0. The molecule has 1 saturated heterocycles. The normalized spacial score (nSPS) is 18.0. The highest BCUT2D eigenvalue weighted by atomic mass is 79.9. The van der Waals surface area contributed by atoms with E-state index in [2.05, 4.69) is 20.7 Å². The standard InChI is InChI=1S/C14H14BrNO5/c1-7-9(14(20)21-2)3-4-10(12(7)15)16-6-8(13(18)19)5-11(16)17/h3-4,8H,5-6H2,1-2H3,(H,18,19). The maximum Gasteiger partial charge on any atom is 0.338 e. The van der Waals surface area contributed by atoms with Gasteiger partial charge < -0.3 is 14.7 Å². The van der Waals surface area contributed by atoms with Gasteiger partial charge in [0, 0.05) is 17.4 Å². The highest BCUT2D eigenvalue weighted by Crippen LogP contribution is 2.35. The van der Waals surface area contributed by atoms with E-state index in [0.717, 1.165) is 0 Å². The highest BCUT2D eigenvalue weighted by molar-refractivity contribution is 9.10. The van der Waals surface area contributed by atoms with Crippen LogP contribution < -0.4 is 4.90 Å². The summed E-state index contributed by atoms with van der Waals surface area (Å²) in [5.41, 5.74) is 1.61. The molecule has 1 amide bonds. The lowest BCUT2D eigenvalue weighted by atomic mass is 10.1. The number of nitrogens with zero attached hydrogens (tertiary/aromatic N) is 1. The van der Waals surface area contributed by atoms with Crippen LogP contribution in [0.1, 0.15) is 22.3 Å². The van der Waals surface area contributed by atoms with Crippen LogP contribution >= 0.6 is 15.9 Å². The number of anilines is 1. The fraction of sp³-hybridized carbons (Fsp3) is 0.357. The van der Waals surface area contributed by atoms with Crippen LogP contribution in [-0.2, 0) is 14.3 Å². The van der Waals surface area contributed by atoms with Crippen molar-refractivity contribution in [1.29, 1.82) is 0 Å². The predicted molar refractivity (Wildman–Crippen MR) is 78.3 cm³/mol. The van der Waals surface area contributed by atoms with Crippen molar-refractivity contribution >= 4 is 39.5 Å². The zero-order valence-corrected chi connectivity index (χ0v) is 13.1. The number of hydrogen-bond donors (Lipinski definition) is 1. The topological polar surface area (TPSA) is 83.9 Å². The Bertz CT molecular complexity index is 628. The average molecular weight is 356 g/mol. The van der Waals surface area contributed by atoms with E-state index in [1.54, 1.807) is 19.1 Å². The lowest BCUT2D eigenvalue weighted by molar-refractivity contribution is -0.141. The summed E-state index contributed by atoms with van der Waals surface area (Å²) in [5.74, 6) is -2.39. The van der Waals surface area contributed by atoms with E-state index in [0.29, 0.717) is 21.3 Å². The molecule has 0 aliphatic carbocycles. The van der Waals surface area contributed by atoms with Crippen molar-refractivity contribution in [1.82, 2.24) is 0 Å². The van der Waals surface area contributed by atoms with Crippen molar-refractivity contribution in [3.05, 3.63) is 27.7 Å². The second-order valence-electron chi connectivity index (χ2n) is 4.81. The molecule has 2 rings (SSSR count). The van der Waals surface area contributed by atoms with E-state index in [9.17, 15) is 14.4 Å². The van der Waals surface area contributed by atoms with Gasteiger partial charge in [-0.2, -0.15) is 0 Å². The molecular formula is C14H14BrNO5. The van der Waals surface area contributed by atoms with Gasteiger partial charge in [0.15, 0.2) is 0 Å². The monoisotopic (exact) mass is 355 g/mol. The van der Waals surface area contributed by atoms with Crippen LogP contribution in [0.25, 0.3) is 0 Å². The third-order valence-electron chi connectivity index (χ3n) is 3.54. The van der Waals surface area contributed by atoms with Crippen LogP contribution in [0, 0.1) is 12.8 Å². The largest absolute Gasteiger partial charge is 0.481 e. The summed E-state index contributed by atoms with van der Waals surface area (Å²) >= 11 is 3.37. The molecule has 1 aromatic carbocycles. The van der Waals surface area contributed by atoms with Gasteiger partial charge in [-0.25, -0.2) is 4.79 Å². The molecule has 7 heteroatoms. The summed E-state index contributed by atoms with van der Waals surface area (Å²) in [6.07, 6.45) is -0.0143. The molecule has 1 aromatic rings. The highest BCUT2D eigenvalue weighted by Gasteiger charge is 2.36. The van der Waals surface area contributed by atoms with E-state index < -0.39 is 17.9 Å². The summed E-state index contributed by atoms with van der Waals surface area (Å²) in [7, 11) is 1.30. The predicted octanol–water partition coefficient (Wildman–Crippen LogP) is 1.98. The Morgan fingerprint density at radius 1 is 1.43 bits per heavy atom. The first-order valence-electron chi connectivity index (χ1n) is 6.27. The molecule has 0 saturated carbocycles. The van der Waals surface area contributed by atoms with Gasteiger partial charge in [-0.3, -0.25) is 9.59 Å². The molecule has 0 bridgehead atoms. The molecule has 0 spiro atoms. The van der Waals surface area contributed by atoms with Gasteiger partial charge >= 0.3 is 11.9 Å². The van der Waals surface area contributed by atoms with Crippen LogP contribution in [0.15, 0.2) is 16.6 Å². The van der Waals surface area contributed by atoms with Gasteiger partial charge in [-0.1, -0.05) is 0 Å². The minimum Gasteiger partial charge on any atom is -0.481 e. The molecule has 21 heavy (non-hydrogen) atoms. The Labute approximate surface area is 129 Å². The first-order chi connectivity index (χ1) is 9.86. The van der Waals surface area contributed by atoms with Gasteiger partial charge in [0.05, 0.1) is 24.3 Å². The molecule has 6 nitrogen and oxygen atoms in total. The van der Waals surface area contributed by atoms with Crippen LogP contribution in [0.4, 0.5) is 5.69 Å². The minimum atomic E-state index is -0.982. The first-order valence-corrected chi connectivity index (χ1v) is 7.06. The number of esters is 1. The van der Waals surface area contributed by atoms with Gasteiger partial charge in [0.1, 0.15) is 0 Å². The number of hydrogen-bond acceptors (Lipinski definition) is 4. The smallest absolute Gasteiger partial charge is 0.338 e. The molecule has 1 fully saturated rings. The zero-order valence-electron chi connectivity index (χ0n) is 11.6. The lowest BCUT2D eigenvalue weighted by Crippen LogP contribution is -2.26. The number of rotatable bonds is 3. The molecule has 0 aromatic heterocycles. The van der Waals surface area contributed by atoms with Gasteiger partial charge in [-0.15, -0.1) is 0 Å². The number of carboxylic acid groups (broad SMARTS) is 1. The van der Waals surface area contributed by atoms with Crippen molar-refractivity contribution < 1.29 is 24.2 Å². The number of benzene rings is 1. The van der Waals surface area contributed by atoms with Crippen molar-refractivity contribution in [2.45, 2.75) is 13.3 Å². The molecule has 1 aliphatic heterocycles. The van der Waals surface area contributed by atoms with Crippen LogP contribution in [0.5, 0.6) is 0 Å². The van der Waals surface area contributed by atoms with E-state index >= 15 is 0 Å². The SMILES string of the molecule is COC(=O)c1ccc(N2CC(C(=O)O)CC2=O)c(Br)c1C. The Hall–Kier alpha value is -1.89. The summed E-state index contributed by atoms with van der Waals surface area (Å²) < 4.78 is 5.28. The Morgan fingerprint density at radius 2 is 2.10 bits per heavy atom. The van der Waals surface area contributed by atoms with E-state index in [1.807, 2.05) is 0 Å². The lowest BCUT2D eigenvalue weighted by Gasteiger charge is -2.20. The fourth-order valence-electron chi connectivity index (χ4n) is 2.32. The van der Waals surface area contributed by atoms with E-state index in [-0.39, 0.29) is 18.9 Å². The van der Waals surface area contributed by atoms with Crippen molar-refractivity contribution in [3.63, 3.8) is 0 Å². The molecule has 1 unspecified atom stereocenters. The molecule has 0 radical (unpaired) electrons. The third-order valence-corrected chi connectivity index (χ3v) is 4.54. The Kier molecular flexibility index (Phi) is 4.32. The Morgan fingerprint density at radius 3 is 2.62 bits per heavy atom. The van der Waals surface area contributed by atoms with E-state index in [4.69, 9.17) is 5.11 Å². The number of amides is 1. The van der Waals surface area contributed by atoms with Crippen molar-refractivity contribution in [2.24, 2.45) is 5.92 Å². The summed E-state index contributed by atoms with van der Waals surface area (Å²) in [6.45, 7) is 1.86. The average Bonchev–Trinajstić information content (AvgIpc) is 2.83. The molecule has 1 atom stereocenters. The van der Waals surface area contributed by atoms with Crippen LogP contribution in [0.3, 0.4) is 0 Å².